The van der Waals surface area contributed by atoms with Crippen molar-refractivity contribution in [2.24, 2.45) is 0 Å². The van der Waals surface area contributed by atoms with Crippen LogP contribution in [-0.4, -0.2) is 21.4 Å². The lowest BCUT2D eigenvalue weighted by Gasteiger charge is -2.14. The Balaban J connectivity index is 1.91. The molecule has 0 spiro atoms. The zero-order valence-corrected chi connectivity index (χ0v) is 17.3. The van der Waals surface area contributed by atoms with E-state index in [1.807, 2.05) is 19.1 Å². The van der Waals surface area contributed by atoms with E-state index in [1.54, 1.807) is 42.5 Å². The molecular weight excluding hydrogens is 412 g/mol. The molecule has 3 aromatic rings. The van der Waals surface area contributed by atoms with Crippen LogP contribution in [0.2, 0.25) is 5.02 Å². The molecule has 0 aliphatic heterocycles. The minimum Gasteiger partial charge on any atom is -0.495 e. The van der Waals surface area contributed by atoms with E-state index in [1.165, 1.54) is 19.2 Å². The van der Waals surface area contributed by atoms with Gasteiger partial charge in [-0.25, -0.2) is 8.42 Å². The summed E-state index contributed by atoms with van der Waals surface area (Å²) in [5, 5.41) is 2.97. The third-order valence-electron chi connectivity index (χ3n) is 4.14. The summed E-state index contributed by atoms with van der Waals surface area (Å²) < 4.78 is 33.5. The number of hydrogen-bond acceptors (Lipinski definition) is 4. The monoisotopic (exact) mass is 430 g/mol. The quantitative estimate of drug-likeness (QED) is 0.593. The Bertz CT molecular complexity index is 1150. The van der Waals surface area contributed by atoms with Crippen LogP contribution in [0, 0.1) is 6.92 Å². The Morgan fingerprint density at radius 3 is 2.34 bits per heavy atom. The Kier molecular flexibility index (Phi) is 6.10. The van der Waals surface area contributed by atoms with Crippen LogP contribution in [0.3, 0.4) is 0 Å². The normalized spacial score (nSPS) is 11.0. The lowest BCUT2D eigenvalue weighted by molar-refractivity contribution is 0.102. The van der Waals surface area contributed by atoms with Gasteiger partial charge < -0.3 is 10.1 Å². The van der Waals surface area contributed by atoms with Crippen molar-refractivity contribution in [1.29, 1.82) is 0 Å². The van der Waals surface area contributed by atoms with E-state index in [0.717, 1.165) is 5.56 Å². The highest BCUT2D eigenvalue weighted by molar-refractivity contribution is 7.92. The highest BCUT2D eigenvalue weighted by Crippen LogP contribution is 2.31. The minimum absolute atomic E-state index is 0.123. The fourth-order valence-electron chi connectivity index (χ4n) is 2.62. The zero-order chi connectivity index (χ0) is 21.0. The molecule has 1 amide bonds. The number of sulfonamides is 1. The van der Waals surface area contributed by atoms with Gasteiger partial charge in [0.1, 0.15) is 10.6 Å². The van der Waals surface area contributed by atoms with Gasteiger partial charge >= 0.3 is 0 Å². The van der Waals surface area contributed by atoms with Gasteiger partial charge in [0, 0.05) is 11.3 Å². The fourth-order valence-corrected chi connectivity index (χ4v) is 4.13. The predicted molar refractivity (Wildman–Crippen MR) is 114 cm³/mol. The third kappa shape index (κ3) is 4.88. The number of carbonyl (C=O) groups excluding carboxylic acids is 1. The van der Waals surface area contributed by atoms with Gasteiger partial charge in [-0.05, 0) is 49.4 Å². The van der Waals surface area contributed by atoms with Crippen LogP contribution in [0.4, 0.5) is 11.4 Å². The van der Waals surface area contributed by atoms with E-state index >= 15 is 0 Å². The maximum Gasteiger partial charge on any atom is 0.265 e. The molecule has 8 heteroatoms. The van der Waals surface area contributed by atoms with Crippen molar-refractivity contribution >= 4 is 38.9 Å². The number of anilines is 2. The van der Waals surface area contributed by atoms with Gasteiger partial charge in [0.2, 0.25) is 0 Å². The van der Waals surface area contributed by atoms with Crippen molar-refractivity contribution < 1.29 is 17.9 Å². The standard InChI is InChI=1S/C21H19ClN2O4S/c1-14-7-9-15(10-8-14)21(25)23-16-11-12-19(28-2)20(13-16)29(26,27)24-18-6-4-3-5-17(18)22/h3-13,24H,1-2H3,(H,23,25). The van der Waals surface area contributed by atoms with E-state index in [-0.39, 0.29) is 27.3 Å². The number of methoxy groups -OCH3 is 1. The molecule has 0 saturated heterocycles. The molecule has 0 unspecified atom stereocenters. The Hall–Kier alpha value is -3.03. The van der Waals surface area contributed by atoms with Gasteiger partial charge in [-0.2, -0.15) is 0 Å². The molecule has 3 aromatic carbocycles. The molecule has 0 aliphatic carbocycles. The average molecular weight is 431 g/mol. The molecule has 29 heavy (non-hydrogen) atoms. The lowest BCUT2D eigenvalue weighted by atomic mass is 10.1. The van der Waals surface area contributed by atoms with E-state index in [2.05, 4.69) is 10.0 Å². The molecular formula is C21H19ClN2O4S. The molecule has 0 fully saturated rings. The second-order valence-electron chi connectivity index (χ2n) is 6.27. The van der Waals surface area contributed by atoms with Crippen molar-refractivity contribution in [3.8, 4) is 5.75 Å². The topological polar surface area (TPSA) is 84.5 Å². The van der Waals surface area contributed by atoms with Crippen molar-refractivity contribution in [3.63, 3.8) is 0 Å². The summed E-state index contributed by atoms with van der Waals surface area (Å²) in [6.07, 6.45) is 0. The van der Waals surface area contributed by atoms with E-state index < -0.39 is 10.0 Å². The maximum absolute atomic E-state index is 12.9. The Morgan fingerprint density at radius 1 is 1.00 bits per heavy atom. The van der Waals surface area contributed by atoms with Gasteiger partial charge in [0.25, 0.3) is 15.9 Å². The molecule has 3 rings (SSSR count). The third-order valence-corrected chi connectivity index (χ3v) is 5.86. The summed E-state index contributed by atoms with van der Waals surface area (Å²) >= 11 is 6.06. The van der Waals surface area contributed by atoms with Crippen LogP contribution < -0.4 is 14.8 Å². The first kappa shape index (κ1) is 20.7. The number of carbonyl (C=O) groups is 1. The highest BCUT2D eigenvalue weighted by atomic mass is 35.5. The molecule has 0 atom stereocenters. The number of ether oxygens (including phenoxy) is 1. The SMILES string of the molecule is COc1ccc(NC(=O)c2ccc(C)cc2)cc1S(=O)(=O)Nc1ccccc1Cl. The molecule has 0 heterocycles. The molecule has 0 bridgehead atoms. The largest absolute Gasteiger partial charge is 0.495 e. The van der Waals surface area contributed by atoms with Gasteiger partial charge in [-0.1, -0.05) is 41.4 Å². The number of amides is 1. The smallest absolute Gasteiger partial charge is 0.265 e. The van der Waals surface area contributed by atoms with Crippen LogP contribution >= 0.6 is 11.6 Å². The molecule has 0 radical (unpaired) electrons. The second kappa shape index (κ2) is 8.55. The predicted octanol–water partition coefficient (Wildman–Crippen LogP) is 4.71. The summed E-state index contributed by atoms with van der Waals surface area (Å²) in [5.41, 5.74) is 2.05. The summed E-state index contributed by atoms with van der Waals surface area (Å²) in [6.45, 7) is 1.92. The first-order valence-corrected chi connectivity index (χ1v) is 10.5. The van der Waals surface area contributed by atoms with Crippen molar-refractivity contribution in [2.45, 2.75) is 11.8 Å². The van der Waals surface area contributed by atoms with Gasteiger partial charge in [0.05, 0.1) is 17.8 Å². The molecule has 0 saturated carbocycles. The first-order chi connectivity index (χ1) is 13.8. The van der Waals surface area contributed by atoms with Crippen LogP contribution in [0.5, 0.6) is 5.75 Å². The van der Waals surface area contributed by atoms with Crippen LogP contribution in [0.25, 0.3) is 0 Å². The Labute approximate surface area is 174 Å². The van der Waals surface area contributed by atoms with Crippen molar-refractivity contribution in [3.05, 3.63) is 82.9 Å². The molecule has 0 aliphatic rings. The molecule has 150 valence electrons. The number of benzene rings is 3. The molecule has 2 N–H and O–H groups in total. The number of aryl methyl sites for hydroxylation is 1. The summed E-state index contributed by atoms with van der Waals surface area (Å²) in [6, 6.07) is 17.9. The number of rotatable bonds is 6. The number of para-hydroxylation sites is 1. The lowest BCUT2D eigenvalue weighted by Crippen LogP contribution is -2.16. The maximum atomic E-state index is 12.9. The summed E-state index contributed by atoms with van der Waals surface area (Å²) in [4.78, 5) is 12.3. The van der Waals surface area contributed by atoms with E-state index in [9.17, 15) is 13.2 Å². The minimum atomic E-state index is -4.02. The van der Waals surface area contributed by atoms with Crippen LogP contribution in [-0.2, 0) is 10.0 Å². The Morgan fingerprint density at radius 2 is 1.69 bits per heavy atom. The summed E-state index contributed by atoms with van der Waals surface area (Å²) in [5.74, 6) is -0.213. The van der Waals surface area contributed by atoms with Gasteiger partial charge in [-0.3, -0.25) is 9.52 Å². The number of halogens is 1. The van der Waals surface area contributed by atoms with E-state index in [4.69, 9.17) is 16.3 Å². The summed E-state index contributed by atoms with van der Waals surface area (Å²) in [7, 11) is -2.65. The van der Waals surface area contributed by atoms with Crippen molar-refractivity contribution in [1.82, 2.24) is 0 Å². The first-order valence-electron chi connectivity index (χ1n) is 8.63. The van der Waals surface area contributed by atoms with Crippen LogP contribution in [0.15, 0.2) is 71.6 Å². The second-order valence-corrected chi connectivity index (χ2v) is 8.33. The molecule has 6 nitrogen and oxygen atoms in total. The average Bonchev–Trinajstić information content (AvgIpc) is 2.70. The van der Waals surface area contributed by atoms with Crippen LogP contribution in [0.1, 0.15) is 15.9 Å². The van der Waals surface area contributed by atoms with Gasteiger partial charge in [-0.15, -0.1) is 0 Å². The highest BCUT2D eigenvalue weighted by Gasteiger charge is 2.22. The fraction of sp³-hybridized carbons (Fsp3) is 0.0952. The van der Waals surface area contributed by atoms with E-state index in [0.29, 0.717) is 11.3 Å². The number of nitrogens with one attached hydrogen (secondary N) is 2. The van der Waals surface area contributed by atoms with Crippen molar-refractivity contribution in [2.75, 3.05) is 17.1 Å². The van der Waals surface area contributed by atoms with Gasteiger partial charge in [0.15, 0.2) is 0 Å². The molecule has 0 aromatic heterocycles. The number of hydrogen-bond donors (Lipinski definition) is 2. The zero-order valence-electron chi connectivity index (χ0n) is 15.8.